The molecule has 1 aromatic heterocycles. The first kappa shape index (κ1) is 44.5. The van der Waals surface area contributed by atoms with Gasteiger partial charge in [-0.05, 0) is 79.7 Å². The van der Waals surface area contributed by atoms with Gasteiger partial charge in [-0.3, -0.25) is 14.6 Å². The average Bonchev–Trinajstić information content (AvgIpc) is 3.16. The number of rotatable bonds is 22. The van der Waals surface area contributed by atoms with Crippen LogP contribution in [0.3, 0.4) is 0 Å². The van der Waals surface area contributed by atoms with Crippen molar-refractivity contribution >= 4 is 48.1 Å². The van der Waals surface area contributed by atoms with Crippen LogP contribution in [0.25, 0.3) is 10.9 Å². The number of aromatic hydroxyl groups is 1. The van der Waals surface area contributed by atoms with Gasteiger partial charge in [-0.15, -0.1) is 0 Å². The number of nitrogens with one attached hydrogen (secondary N) is 2. The number of phenols is 1. The Hall–Kier alpha value is -4.61. The maximum absolute atomic E-state index is 12.4. The largest absolute Gasteiger partial charge is 0.508 e. The van der Waals surface area contributed by atoms with E-state index in [0.717, 1.165) is 65.6 Å². The molecule has 1 aliphatic heterocycles. The summed E-state index contributed by atoms with van der Waals surface area (Å²) >= 11 is 0. The number of ether oxygens (including phenoxy) is 2. The van der Waals surface area contributed by atoms with E-state index in [0.29, 0.717) is 22.7 Å². The van der Waals surface area contributed by atoms with Gasteiger partial charge in [0.15, 0.2) is 14.9 Å². The minimum absolute atomic E-state index is 0.0313. The number of benzene rings is 3. The third-order valence-electron chi connectivity index (χ3n) is 11.8. The molecular weight excluding hydrogens is 745 g/mol. The van der Waals surface area contributed by atoms with Gasteiger partial charge in [0.05, 0.1) is 35.7 Å². The first-order valence-electron chi connectivity index (χ1n) is 21.3. The number of nitrogens with two attached hydrogens (primary N) is 1. The third-order valence-corrected chi connectivity index (χ3v) is 16.3. The number of amides is 2. The highest BCUT2D eigenvalue weighted by molar-refractivity contribution is 6.74. The summed E-state index contributed by atoms with van der Waals surface area (Å²) in [5.41, 5.74) is 12.2. The molecular formula is C47H66N4O6Si. The van der Waals surface area contributed by atoms with Crippen molar-refractivity contribution in [2.45, 2.75) is 142 Å². The monoisotopic (exact) mass is 810 g/mol. The van der Waals surface area contributed by atoms with Crippen molar-refractivity contribution < 1.29 is 28.6 Å². The number of aryl methyl sites for hydroxylation is 2. The second kappa shape index (κ2) is 20.4. The molecule has 0 bridgehead atoms. The zero-order valence-corrected chi connectivity index (χ0v) is 36.9. The topological polar surface area (TPSA) is 145 Å². The Labute approximate surface area is 346 Å². The predicted octanol–water partition coefficient (Wildman–Crippen LogP) is 11.8. The average molecular weight is 811 g/mol. The molecule has 314 valence electrons. The zero-order valence-electron chi connectivity index (χ0n) is 35.9. The van der Waals surface area contributed by atoms with E-state index in [-0.39, 0.29) is 29.4 Å². The maximum atomic E-state index is 12.4. The van der Waals surface area contributed by atoms with Gasteiger partial charge in [0.1, 0.15) is 17.2 Å². The van der Waals surface area contributed by atoms with Crippen molar-refractivity contribution in [3.63, 3.8) is 0 Å². The molecule has 10 nitrogen and oxygen atoms in total. The molecule has 0 saturated heterocycles. The smallest absolute Gasteiger partial charge is 0.262 e. The molecule has 5 N–H and O–H groups in total. The number of anilines is 3. The van der Waals surface area contributed by atoms with Crippen molar-refractivity contribution in [3.05, 3.63) is 77.0 Å². The maximum Gasteiger partial charge on any atom is 0.262 e. The van der Waals surface area contributed by atoms with Gasteiger partial charge in [0.2, 0.25) is 0 Å². The second-order valence-corrected chi connectivity index (χ2v) is 22.2. The molecule has 0 saturated carbocycles. The van der Waals surface area contributed by atoms with E-state index in [1.165, 1.54) is 63.4 Å². The molecule has 5 rings (SSSR count). The van der Waals surface area contributed by atoms with Crippen LogP contribution in [0.2, 0.25) is 18.1 Å². The lowest BCUT2D eigenvalue weighted by Gasteiger charge is -2.40. The minimum atomic E-state index is -2.12. The van der Waals surface area contributed by atoms with Crippen molar-refractivity contribution in [2.75, 3.05) is 24.4 Å². The number of fused-ring (bicyclic) bond motifs is 2. The summed E-state index contributed by atoms with van der Waals surface area (Å²) in [6.07, 6.45) is 17.7. The number of phenolic OH excluding ortho intramolecular Hbond substituents is 1. The van der Waals surface area contributed by atoms with Gasteiger partial charge in [0, 0.05) is 35.0 Å². The summed E-state index contributed by atoms with van der Waals surface area (Å²) in [4.78, 5) is 29.0. The highest BCUT2D eigenvalue weighted by atomic mass is 28.4. The molecule has 1 aliphatic rings. The number of hydrogen-bond acceptors (Lipinski definition) is 8. The normalized spacial score (nSPS) is 13.5. The summed E-state index contributed by atoms with van der Waals surface area (Å²) < 4.78 is 18.2. The number of carbonyl (C=O) groups excluding carboxylic acids is 2. The van der Waals surface area contributed by atoms with Crippen LogP contribution in [-0.2, 0) is 15.6 Å². The van der Waals surface area contributed by atoms with Gasteiger partial charge in [-0.1, -0.05) is 104 Å². The fraction of sp³-hybridized carbons (Fsp3) is 0.511. The molecule has 4 aromatic rings. The van der Waals surface area contributed by atoms with Crippen LogP contribution >= 0.6 is 0 Å². The highest BCUT2D eigenvalue weighted by Crippen LogP contribution is 2.46. The Bertz CT molecular complexity index is 2030. The Morgan fingerprint density at radius 2 is 1.62 bits per heavy atom. The zero-order chi connectivity index (χ0) is 41.9. The first-order chi connectivity index (χ1) is 27.7. The molecule has 11 heteroatoms. The Morgan fingerprint density at radius 3 is 2.26 bits per heavy atom. The highest BCUT2D eigenvalue weighted by Gasteiger charge is 2.40. The molecule has 0 spiro atoms. The lowest BCUT2D eigenvalue weighted by atomic mass is 9.98. The first-order valence-corrected chi connectivity index (χ1v) is 24.2. The predicted molar refractivity (Wildman–Crippen MR) is 238 cm³/mol. The molecule has 58 heavy (non-hydrogen) atoms. The molecule has 1 atom stereocenters. The number of nitrogens with zero attached hydrogens (tertiary/aromatic N) is 1. The van der Waals surface area contributed by atoms with Crippen LogP contribution in [0.5, 0.6) is 17.2 Å². The fourth-order valence-corrected chi connectivity index (χ4v) is 8.87. The summed E-state index contributed by atoms with van der Waals surface area (Å²) in [6.45, 7) is 13.3. The van der Waals surface area contributed by atoms with Crippen molar-refractivity contribution in [2.24, 2.45) is 5.73 Å². The Balaban J connectivity index is 1.01. The van der Waals surface area contributed by atoms with Crippen LogP contribution in [0.1, 0.15) is 137 Å². The van der Waals surface area contributed by atoms with Gasteiger partial charge in [0.25, 0.3) is 11.8 Å². The third kappa shape index (κ3) is 12.0. The van der Waals surface area contributed by atoms with E-state index < -0.39 is 14.2 Å². The van der Waals surface area contributed by atoms with Crippen LogP contribution < -0.4 is 25.8 Å². The number of methoxy groups -OCH3 is 1. The van der Waals surface area contributed by atoms with Crippen molar-refractivity contribution in [3.8, 4) is 17.2 Å². The SMILES string of the molecule is COc1cccc(Nc2c(C(N)=O)cnc3c(C)cc(CCCCCCCCCCCCCC[C@H](O[Si](C)(C)C(C)(C)C)c4cc(O)cc5c4OCC(=O)N5)cc23)c1. The summed E-state index contributed by atoms with van der Waals surface area (Å²) in [6, 6.07) is 15.3. The lowest BCUT2D eigenvalue weighted by molar-refractivity contribution is -0.118. The number of unbranched alkanes of at least 4 members (excludes halogenated alkanes) is 11. The summed E-state index contributed by atoms with van der Waals surface area (Å²) in [5, 5.41) is 17.7. The number of pyridine rings is 1. The van der Waals surface area contributed by atoms with Crippen LogP contribution in [-0.4, -0.2) is 43.9 Å². The van der Waals surface area contributed by atoms with Gasteiger partial charge >= 0.3 is 0 Å². The van der Waals surface area contributed by atoms with Gasteiger partial charge in [-0.25, -0.2) is 0 Å². The number of aromatic nitrogens is 1. The van der Waals surface area contributed by atoms with E-state index in [9.17, 15) is 14.7 Å². The molecule has 3 aromatic carbocycles. The minimum Gasteiger partial charge on any atom is -0.508 e. The molecule has 0 fully saturated rings. The van der Waals surface area contributed by atoms with Crippen LogP contribution in [0, 0.1) is 6.92 Å². The van der Waals surface area contributed by atoms with E-state index in [1.54, 1.807) is 25.4 Å². The van der Waals surface area contributed by atoms with E-state index >= 15 is 0 Å². The van der Waals surface area contributed by atoms with E-state index in [4.69, 9.17) is 19.6 Å². The van der Waals surface area contributed by atoms with Crippen LogP contribution in [0.15, 0.2) is 54.7 Å². The van der Waals surface area contributed by atoms with Gasteiger partial charge in [-0.2, -0.15) is 0 Å². The Kier molecular flexibility index (Phi) is 15.6. The number of hydrogen-bond donors (Lipinski definition) is 4. The molecule has 2 amide bonds. The van der Waals surface area contributed by atoms with Crippen molar-refractivity contribution in [1.82, 2.24) is 4.98 Å². The summed E-state index contributed by atoms with van der Waals surface area (Å²) in [5.74, 6) is 0.714. The molecule has 0 radical (unpaired) electrons. The van der Waals surface area contributed by atoms with Crippen molar-refractivity contribution in [1.29, 1.82) is 0 Å². The lowest BCUT2D eigenvalue weighted by Crippen LogP contribution is -2.42. The molecule has 0 unspecified atom stereocenters. The fourth-order valence-electron chi connectivity index (χ4n) is 7.56. The number of primary amides is 1. The van der Waals surface area contributed by atoms with Crippen LogP contribution in [0.4, 0.5) is 17.1 Å². The standard InChI is InChI=1S/C47H66N4O6Si/c1-32-25-33(26-38-43(32)49-30-39(46(48)54)44(38)50-34-22-20-23-36(27-34)55-5)21-18-16-14-12-10-8-9-11-13-15-17-19-24-41(57-58(6,7)47(2,3)4)37-28-35(52)29-40-45(37)56-31-42(53)51-40/h20,22-23,25-30,41,52H,8-19,21,24,31H2,1-7H3,(H2,48,54)(H,49,50)(H,51,53)/t41-/m0/s1. The molecule has 0 aliphatic carbocycles. The Morgan fingerprint density at radius 1 is 0.966 bits per heavy atom. The van der Waals surface area contributed by atoms with Gasteiger partial charge < -0.3 is 35.4 Å². The second-order valence-electron chi connectivity index (χ2n) is 17.5. The quantitative estimate of drug-likeness (QED) is 0.0453. The number of carbonyl (C=O) groups is 2. The van der Waals surface area contributed by atoms with E-state index in [1.807, 2.05) is 24.3 Å². The molecule has 2 heterocycles. The summed E-state index contributed by atoms with van der Waals surface area (Å²) in [7, 11) is -0.492. The van der Waals surface area contributed by atoms with E-state index in [2.05, 4.69) is 68.5 Å².